The summed E-state index contributed by atoms with van der Waals surface area (Å²) in [6.07, 6.45) is 2.09. The lowest BCUT2D eigenvalue weighted by atomic mass is 9.44. The minimum atomic E-state index is -0.209. The number of benzene rings is 1. The van der Waals surface area contributed by atoms with Gasteiger partial charge in [0.1, 0.15) is 23.7 Å². The van der Waals surface area contributed by atoms with E-state index in [0.717, 1.165) is 32.0 Å². The van der Waals surface area contributed by atoms with Crippen molar-refractivity contribution in [2.45, 2.75) is 66.5 Å². The summed E-state index contributed by atoms with van der Waals surface area (Å²) in [5, 5.41) is 9.51. The third kappa shape index (κ3) is 5.35. The van der Waals surface area contributed by atoms with Crippen molar-refractivity contribution in [1.82, 2.24) is 9.88 Å². The number of pyridine rings is 1. The zero-order valence-corrected chi connectivity index (χ0v) is 23.9. The average molecular weight is 523 g/mol. The molecule has 1 saturated heterocycles. The molecule has 1 aliphatic carbocycles. The zero-order valence-electron chi connectivity index (χ0n) is 23.1. The van der Waals surface area contributed by atoms with E-state index in [4.69, 9.17) is 21.6 Å². The summed E-state index contributed by atoms with van der Waals surface area (Å²) in [6, 6.07) is 11.1. The van der Waals surface area contributed by atoms with E-state index in [1.54, 1.807) is 24.4 Å². The van der Waals surface area contributed by atoms with Gasteiger partial charge in [0.25, 0.3) is 0 Å². The van der Waals surface area contributed by atoms with E-state index < -0.39 is 0 Å². The monoisotopic (exact) mass is 522 g/mol. The predicted molar refractivity (Wildman–Crippen MR) is 148 cm³/mol. The molecule has 0 bridgehead atoms. The predicted octanol–water partition coefficient (Wildman–Crippen LogP) is 6.23. The van der Waals surface area contributed by atoms with Crippen LogP contribution in [-0.4, -0.2) is 53.5 Å². The normalized spacial score (nSPS) is 23.2. The molecule has 2 fully saturated rings. The maximum atomic E-state index is 13.3. The summed E-state index contributed by atoms with van der Waals surface area (Å²) < 4.78 is 6.36. The van der Waals surface area contributed by atoms with Crippen LogP contribution in [0.4, 0.5) is 5.82 Å². The van der Waals surface area contributed by atoms with Gasteiger partial charge in [-0.1, -0.05) is 39.3 Å². The van der Waals surface area contributed by atoms with Crippen LogP contribution in [0.5, 0.6) is 5.75 Å². The first kappa shape index (κ1) is 27.4. The Morgan fingerprint density at radius 1 is 1.11 bits per heavy atom. The minimum Gasteiger partial charge on any atom is -0.489 e. The number of Topliss-reactive ketones (excluding diaryl/α,β-unsaturated/α-hetero) is 1. The van der Waals surface area contributed by atoms with Gasteiger partial charge in [-0.3, -0.25) is 9.69 Å². The third-order valence-corrected chi connectivity index (χ3v) is 8.79. The van der Waals surface area contributed by atoms with Gasteiger partial charge in [-0.15, -0.1) is 0 Å². The molecule has 0 N–H and O–H groups in total. The molecule has 0 amide bonds. The van der Waals surface area contributed by atoms with Gasteiger partial charge >= 0.3 is 0 Å². The van der Waals surface area contributed by atoms with Crippen molar-refractivity contribution in [3.05, 3.63) is 52.7 Å². The fraction of sp³-hybridized carbons (Fsp3) is 0.567. The average Bonchev–Trinajstić information content (AvgIpc) is 2.85. The van der Waals surface area contributed by atoms with Crippen molar-refractivity contribution in [2.75, 3.05) is 31.1 Å². The Balaban J connectivity index is 1.39. The summed E-state index contributed by atoms with van der Waals surface area (Å²) >= 11 is 6.21. The number of rotatable bonds is 6. The number of ketones is 1. The summed E-state index contributed by atoms with van der Waals surface area (Å²) in [6.45, 7) is 19.3. The standard InChI is InChI=1S/C30H39ClN4O2/c1-28(2,3)35-14-12-34(13-15-35)26-11-9-21(19-33-26)24(36)17-25-29(4,5)27(30(25,6)7)37-22-10-8-20(18-32)23(31)16-22/h8-11,16,19,25,27H,12-15,17H2,1-7H3. The fourth-order valence-electron chi connectivity index (χ4n) is 6.46. The number of ether oxygens (including phenoxy) is 1. The maximum absolute atomic E-state index is 13.3. The van der Waals surface area contributed by atoms with Gasteiger partial charge in [-0.25, -0.2) is 4.98 Å². The number of anilines is 1. The van der Waals surface area contributed by atoms with Crippen LogP contribution in [-0.2, 0) is 0 Å². The second-order valence-electron chi connectivity index (χ2n) is 12.6. The van der Waals surface area contributed by atoms with Crippen molar-refractivity contribution >= 4 is 23.2 Å². The molecule has 0 radical (unpaired) electrons. The highest BCUT2D eigenvalue weighted by Gasteiger charge is 2.63. The van der Waals surface area contributed by atoms with Crippen molar-refractivity contribution in [1.29, 1.82) is 5.26 Å². The number of carbonyl (C=O) groups excluding carboxylic acids is 1. The fourth-order valence-corrected chi connectivity index (χ4v) is 6.67. The van der Waals surface area contributed by atoms with Gasteiger partial charge in [-0.05, 0) is 51.0 Å². The quantitative estimate of drug-likeness (QED) is 0.419. The lowest BCUT2D eigenvalue weighted by Crippen LogP contribution is -2.66. The van der Waals surface area contributed by atoms with Crippen LogP contribution < -0.4 is 9.64 Å². The van der Waals surface area contributed by atoms with Crippen molar-refractivity contribution in [2.24, 2.45) is 16.7 Å². The smallest absolute Gasteiger partial charge is 0.164 e. The van der Waals surface area contributed by atoms with Crippen LogP contribution in [0.3, 0.4) is 0 Å². The van der Waals surface area contributed by atoms with E-state index in [1.807, 2.05) is 12.1 Å². The minimum absolute atomic E-state index is 0.0888. The summed E-state index contributed by atoms with van der Waals surface area (Å²) in [5.41, 5.74) is 0.848. The molecule has 1 aromatic carbocycles. The summed E-state index contributed by atoms with van der Waals surface area (Å²) in [7, 11) is 0. The van der Waals surface area contributed by atoms with Gasteiger partial charge in [0.05, 0.1) is 10.6 Å². The van der Waals surface area contributed by atoms with Crippen molar-refractivity contribution in [3.8, 4) is 11.8 Å². The second kappa shape index (κ2) is 9.93. The molecule has 1 saturated carbocycles. The largest absolute Gasteiger partial charge is 0.489 e. The van der Waals surface area contributed by atoms with Crippen LogP contribution in [0.2, 0.25) is 5.02 Å². The zero-order chi connectivity index (χ0) is 27.2. The number of aromatic nitrogens is 1. The molecule has 1 aromatic heterocycles. The Hall–Kier alpha value is -2.62. The second-order valence-corrected chi connectivity index (χ2v) is 13.0. The van der Waals surface area contributed by atoms with Crippen LogP contribution in [0, 0.1) is 28.1 Å². The van der Waals surface area contributed by atoms with E-state index in [2.05, 4.69) is 69.3 Å². The number of halogens is 1. The molecule has 0 atom stereocenters. The number of hydrogen-bond acceptors (Lipinski definition) is 6. The number of nitrogens with zero attached hydrogens (tertiary/aromatic N) is 4. The molecular weight excluding hydrogens is 484 g/mol. The Bertz CT molecular complexity index is 1170. The molecule has 37 heavy (non-hydrogen) atoms. The molecule has 4 rings (SSSR count). The van der Waals surface area contributed by atoms with Gasteiger partial charge < -0.3 is 9.64 Å². The van der Waals surface area contributed by atoms with Crippen molar-refractivity contribution in [3.63, 3.8) is 0 Å². The first-order valence-corrected chi connectivity index (χ1v) is 13.5. The Morgan fingerprint density at radius 3 is 2.27 bits per heavy atom. The summed E-state index contributed by atoms with van der Waals surface area (Å²) in [5.74, 6) is 1.84. The molecule has 6 nitrogen and oxygen atoms in total. The molecule has 2 heterocycles. The first-order valence-electron chi connectivity index (χ1n) is 13.1. The van der Waals surface area contributed by atoms with Gasteiger partial charge in [0.15, 0.2) is 5.78 Å². The summed E-state index contributed by atoms with van der Waals surface area (Å²) in [4.78, 5) is 22.7. The Morgan fingerprint density at radius 2 is 1.76 bits per heavy atom. The van der Waals surface area contributed by atoms with E-state index in [-0.39, 0.29) is 34.2 Å². The number of hydrogen-bond donors (Lipinski definition) is 0. The Labute approximate surface area is 226 Å². The van der Waals surface area contributed by atoms with Crippen molar-refractivity contribution < 1.29 is 9.53 Å². The molecule has 2 aliphatic rings. The van der Waals surface area contributed by atoms with Crippen LogP contribution in [0.1, 0.15) is 70.8 Å². The highest BCUT2D eigenvalue weighted by molar-refractivity contribution is 6.31. The van der Waals surface area contributed by atoms with Gasteiger partial charge in [-0.2, -0.15) is 5.26 Å². The molecular formula is C30H39ClN4O2. The molecule has 7 heteroatoms. The van der Waals surface area contributed by atoms with Crippen LogP contribution in [0.15, 0.2) is 36.5 Å². The van der Waals surface area contributed by atoms with Crippen LogP contribution in [0.25, 0.3) is 0 Å². The maximum Gasteiger partial charge on any atom is 0.164 e. The van der Waals surface area contributed by atoms with E-state index in [1.165, 1.54) is 0 Å². The van der Waals surface area contributed by atoms with E-state index in [9.17, 15) is 4.79 Å². The van der Waals surface area contributed by atoms with Gasteiger partial charge in [0, 0.05) is 66.8 Å². The third-order valence-electron chi connectivity index (χ3n) is 8.47. The Kier molecular flexibility index (Phi) is 7.35. The molecule has 2 aromatic rings. The molecule has 0 unspecified atom stereocenters. The van der Waals surface area contributed by atoms with E-state index >= 15 is 0 Å². The molecule has 1 aliphatic heterocycles. The van der Waals surface area contributed by atoms with Gasteiger partial charge in [0.2, 0.25) is 0 Å². The SMILES string of the molecule is CC1(C)C(CC(=O)c2ccc(N3CCN(C(C)(C)C)CC3)nc2)C(C)(C)C1Oc1ccc(C#N)c(Cl)c1. The first-order chi connectivity index (χ1) is 17.2. The molecule has 198 valence electrons. The highest BCUT2D eigenvalue weighted by atomic mass is 35.5. The number of piperazine rings is 1. The number of carbonyl (C=O) groups is 1. The number of nitriles is 1. The lowest BCUT2D eigenvalue weighted by molar-refractivity contribution is -0.196. The van der Waals surface area contributed by atoms with Crippen LogP contribution >= 0.6 is 11.6 Å². The topological polar surface area (TPSA) is 69.5 Å². The molecule has 0 spiro atoms. The lowest BCUT2D eigenvalue weighted by Gasteiger charge is -2.63. The van der Waals surface area contributed by atoms with E-state index in [0.29, 0.717) is 28.3 Å². The highest BCUT2D eigenvalue weighted by Crippen LogP contribution is 2.61.